The van der Waals surface area contributed by atoms with Gasteiger partial charge in [0.1, 0.15) is 5.54 Å². The lowest BCUT2D eigenvalue weighted by atomic mass is 9.77. The van der Waals surface area contributed by atoms with Gasteiger partial charge in [-0.25, -0.2) is 0 Å². The third-order valence-electron chi connectivity index (χ3n) is 4.99. The van der Waals surface area contributed by atoms with Crippen LogP contribution in [0.5, 0.6) is 0 Å². The highest BCUT2D eigenvalue weighted by molar-refractivity contribution is 5.93. The number of rotatable bonds is 5. The van der Waals surface area contributed by atoms with E-state index in [0.29, 0.717) is 5.56 Å². The van der Waals surface area contributed by atoms with Crippen molar-refractivity contribution >= 4 is 5.91 Å². The molecule has 4 rings (SSSR count). The maximum absolute atomic E-state index is 12.2. The molecule has 4 heteroatoms. The van der Waals surface area contributed by atoms with Gasteiger partial charge in [-0.2, -0.15) is 5.10 Å². The molecule has 0 radical (unpaired) electrons. The molecule has 0 spiro atoms. The van der Waals surface area contributed by atoms with Crippen molar-refractivity contribution in [1.29, 1.82) is 0 Å². The second-order valence-electron chi connectivity index (χ2n) is 6.56. The lowest BCUT2D eigenvalue weighted by molar-refractivity contribution is 0.0963. The summed E-state index contributed by atoms with van der Waals surface area (Å²) in [5.74, 6) is -0.158. The maximum Gasteiger partial charge on any atom is 0.254 e. The van der Waals surface area contributed by atoms with E-state index in [2.05, 4.69) is 46.8 Å². The van der Waals surface area contributed by atoms with Gasteiger partial charge in [-0.05, 0) is 16.7 Å². The highest BCUT2D eigenvalue weighted by Gasteiger charge is 2.39. The van der Waals surface area contributed by atoms with E-state index < -0.39 is 5.54 Å². The zero-order chi connectivity index (χ0) is 19.4. The maximum atomic E-state index is 12.2. The fraction of sp³-hybridized carbons (Fsp3) is 0.0833. The number of carbonyl (C=O) groups excluding carboxylic acids is 1. The molecule has 0 fully saturated rings. The number of aromatic nitrogens is 2. The summed E-state index contributed by atoms with van der Waals surface area (Å²) >= 11 is 0. The van der Waals surface area contributed by atoms with Crippen molar-refractivity contribution in [1.82, 2.24) is 15.1 Å². The summed E-state index contributed by atoms with van der Waals surface area (Å²) < 4.78 is 1.89. The van der Waals surface area contributed by atoms with Gasteiger partial charge in [0.15, 0.2) is 0 Å². The van der Waals surface area contributed by atoms with Crippen LogP contribution in [0.25, 0.3) is 0 Å². The quantitative estimate of drug-likeness (QED) is 0.540. The topological polar surface area (TPSA) is 46.9 Å². The second kappa shape index (κ2) is 7.53. The number of nitrogens with zero attached hydrogens (tertiary/aromatic N) is 2. The van der Waals surface area contributed by atoms with Gasteiger partial charge >= 0.3 is 0 Å². The molecular weight excluding hydrogens is 346 g/mol. The fourth-order valence-electron chi connectivity index (χ4n) is 3.70. The summed E-state index contributed by atoms with van der Waals surface area (Å²) in [6, 6.07) is 30.8. The van der Waals surface area contributed by atoms with E-state index in [9.17, 15) is 4.79 Å². The Kier molecular flexibility index (Phi) is 4.77. The van der Waals surface area contributed by atoms with E-state index in [0.717, 1.165) is 16.7 Å². The first-order chi connectivity index (χ1) is 13.8. The van der Waals surface area contributed by atoms with Crippen LogP contribution >= 0.6 is 0 Å². The molecule has 0 saturated heterocycles. The van der Waals surface area contributed by atoms with Crippen LogP contribution in [-0.2, 0) is 5.54 Å². The standard InChI is InChI=1S/C24H21N3O/c1-25-23(28)19-17-26-27(18-19)24(20-11-5-2-6-12-20,21-13-7-3-8-14-21)22-15-9-4-10-16-22/h2-18H,1H3,(H,25,28). The monoisotopic (exact) mass is 367 g/mol. The van der Waals surface area contributed by atoms with Crippen LogP contribution in [0.4, 0.5) is 0 Å². The smallest absolute Gasteiger partial charge is 0.254 e. The minimum absolute atomic E-state index is 0.158. The molecule has 0 aliphatic carbocycles. The Labute approximate surface area is 164 Å². The lowest BCUT2D eigenvalue weighted by Gasteiger charge is -2.36. The Morgan fingerprint density at radius 2 is 1.21 bits per heavy atom. The predicted molar refractivity (Wildman–Crippen MR) is 110 cm³/mol. The number of benzene rings is 3. The normalized spacial score (nSPS) is 11.2. The van der Waals surface area contributed by atoms with Crippen LogP contribution in [0.1, 0.15) is 27.0 Å². The predicted octanol–water partition coefficient (Wildman–Crippen LogP) is 4.08. The summed E-state index contributed by atoms with van der Waals surface area (Å²) in [5, 5.41) is 7.32. The number of carbonyl (C=O) groups is 1. The van der Waals surface area contributed by atoms with Gasteiger partial charge in [0.2, 0.25) is 0 Å². The first kappa shape index (κ1) is 17.7. The summed E-state index contributed by atoms with van der Waals surface area (Å²) in [6.45, 7) is 0. The van der Waals surface area contributed by atoms with Crippen molar-refractivity contribution in [2.24, 2.45) is 0 Å². The van der Waals surface area contributed by atoms with E-state index in [1.807, 2.05) is 65.5 Å². The number of hydrogen-bond acceptors (Lipinski definition) is 2. The average molecular weight is 367 g/mol. The average Bonchev–Trinajstić information content (AvgIpc) is 3.26. The molecule has 0 aliphatic heterocycles. The van der Waals surface area contributed by atoms with Crippen molar-refractivity contribution in [3.8, 4) is 0 Å². The third-order valence-corrected chi connectivity index (χ3v) is 4.99. The van der Waals surface area contributed by atoms with Crippen LogP contribution in [0.2, 0.25) is 0 Å². The molecule has 0 bridgehead atoms. The summed E-state index contributed by atoms with van der Waals surface area (Å²) in [5.41, 5.74) is 3.03. The van der Waals surface area contributed by atoms with Gasteiger partial charge in [-0.1, -0.05) is 91.0 Å². The van der Waals surface area contributed by atoms with E-state index in [1.165, 1.54) is 0 Å². The zero-order valence-corrected chi connectivity index (χ0v) is 15.6. The molecule has 1 aromatic heterocycles. The van der Waals surface area contributed by atoms with Gasteiger partial charge in [-0.15, -0.1) is 0 Å². The van der Waals surface area contributed by atoms with Crippen molar-refractivity contribution in [3.05, 3.63) is 126 Å². The molecule has 1 amide bonds. The van der Waals surface area contributed by atoms with Gasteiger partial charge in [-0.3, -0.25) is 9.48 Å². The van der Waals surface area contributed by atoms with E-state index >= 15 is 0 Å². The molecule has 28 heavy (non-hydrogen) atoms. The molecule has 0 unspecified atom stereocenters. The van der Waals surface area contributed by atoms with Crippen LogP contribution in [0, 0.1) is 0 Å². The van der Waals surface area contributed by atoms with Crippen LogP contribution in [0.3, 0.4) is 0 Å². The molecule has 0 saturated carbocycles. The van der Waals surface area contributed by atoms with Crippen molar-refractivity contribution in [2.75, 3.05) is 7.05 Å². The van der Waals surface area contributed by atoms with E-state index in [4.69, 9.17) is 0 Å². The van der Waals surface area contributed by atoms with Crippen LogP contribution in [-0.4, -0.2) is 22.7 Å². The third kappa shape index (κ3) is 2.89. The van der Waals surface area contributed by atoms with Crippen molar-refractivity contribution in [2.45, 2.75) is 5.54 Å². The Bertz CT molecular complexity index is 960. The molecule has 0 aliphatic rings. The minimum Gasteiger partial charge on any atom is -0.355 e. The Morgan fingerprint density at radius 3 is 1.61 bits per heavy atom. The van der Waals surface area contributed by atoms with Crippen molar-refractivity contribution in [3.63, 3.8) is 0 Å². The highest BCUT2D eigenvalue weighted by Crippen LogP contribution is 2.40. The molecule has 4 aromatic rings. The van der Waals surface area contributed by atoms with Gasteiger partial charge in [0.05, 0.1) is 11.8 Å². The zero-order valence-electron chi connectivity index (χ0n) is 15.6. The molecule has 0 atom stereocenters. The Hall–Kier alpha value is -3.66. The largest absolute Gasteiger partial charge is 0.355 e. The number of amides is 1. The van der Waals surface area contributed by atoms with Crippen LogP contribution in [0.15, 0.2) is 103 Å². The molecule has 138 valence electrons. The van der Waals surface area contributed by atoms with Gasteiger partial charge in [0.25, 0.3) is 5.91 Å². The summed E-state index contributed by atoms with van der Waals surface area (Å²) in [6.07, 6.45) is 3.42. The second-order valence-corrected chi connectivity index (χ2v) is 6.56. The Balaban J connectivity index is 2.07. The Morgan fingerprint density at radius 1 is 0.786 bits per heavy atom. The minimum atomic E-state index is -0.698. The fourth-order valence-corrected chi connectivity index (χ4v) is 3.70. The van der Waals surface area contributed by atoms with Crippen LogP contribution < -0.4 is 5.32 Å². The first-order valence-corrected chi connectivity index (χ1v) is 9.20. The van der Waals surface area contributed by atoms with Crippen molar-refractivity contribution < 1.29 is 4.79 Å². The lowest BCUT2D eigenvalue weighted by Crippen LogP contribution is -2.38. The molecular formula is C24H21N3O. The molecule has 4 nitrogen and oxygen atoms in total. The van der Waals surface area contributed by atoms with E-state index in [1.54, 1.807) is 13.2 Å². The SMILES string of the molecule is CNC(=O)c1cnn(C(c2ccccc2)(c2ccccc2)c2ccccc2)c1. The highest BCUT2D eigenvalue weighted by atomic mass is 16.1. The molecule has 1 heterocycles. The summed E-state index contributed by atoms with van der Waals surface area (Å²) in [7, 11) is 1.62. The van der Waals surface area contributed by atoms with Gasteiger partial charge in [0, 0.05) is 13.2 Å². The number of hydrogen-bond donors (Lipinski definition) is 1. The van der Waals surface area contributed by atoms with Gasteiger partial charge < -0.3 is 5.32 Å². The number of nitrogens with one attached hydrogen (secondary N) is 1. The molecule has 1 N–H and O–H groups in total. The summed E-state index contributed by atoms with van der Waals surface area (Å²) in [4.78, 5) is 12.2. The van der Waals surface area contributed by atoms with E-state index in [-0.39, 0.29) is 5.91 Å². The molecule has 3 aromatic carbocycles. The first-order valence-electron chi connectivity index (χ1n) is 9.20.